The molecule has 0 aliphatic heterocycles. The number of pyridine rings is 1. The smallest absolute Gasteiger partial charge is 0.0549 e. The maximum atomic E-state index is 9.00. The molecule has 0 amide bonds. The van der Waals surface area contributed by atoms with Gasteiger partial charge in [-0.25, -0.2) is 0 Å². The maximum absolute atomic E-state index is 9.00. The Morgan fingerprint density at radius 3 is 2.56 bits per heavy atom. The molecule has 0 aliphatic carbocycles. The molecule has 90 valence electrons. The monoisotopic (exact) mass is 223 g/mol. The Labute approximate surface area is 97.1 Å². The van der Waals surface area contributed by atoms with Crippen molar-refractivity contribution in [3.05, 3.63) is 18.5 Å². The van der Waals surface area contributed by atoms with Gasteiger partial charge in [0, 0.05) is 19.7 Å². The Morgan fingerprint density at radius 2 is 2.00 bits per heavy atom. The van der Waals surface area contributed by atoms with Gasteiger partial charge in [-0.1, -0.05) is 13.8 Å². The van der Waals surface area contributed by atoms with Gasteiger partial charge >= 0.3 is 0 Å². The molecule has 0 radical (unpaired) electrons. The van der Waals surface area contributed by atoms with Crippen molar-refractivity contribution in [1.29, 1.82) is 0 Å². The highest BCUT2D eigenvalue weighted by Crippen LogP contribution is 2.17. The number of aliphatic hydroxyl groups excluding tert-OH is 1. The van der Waals surface area contributed by atoms with E-state index in [0.29, 0.717) is 5.92 Å². The van der Waals surface area contributed by atoms with Gasteiger partial charge in [-0.05, 0) is 18.4 Å². The standard InChI is InChI=1S/C12H21N3O/c1-9(2)12(4-5-16)15-11-6-10(13-3)7-14-8-11/h6-9,12-13,15-16H,4-5H2,1-3H3. The predicted octanol–water partition coefficient (Wildman–Crippen LogP) is 1.94. The zero-order valence-electron chi connectivity index (χ0n) is 10.2. The van der Waals surface area contributed by atoms with Gasteiger partial charge in [0.25, 0.3) is 0 Å². The first kappa shape index (κ1) is 12.8. The summed E-state index contributed by atoms with van der Waals surface area (Å²) < 4.78 is 0. The van der Waals surface area contributed by atoms with Gasteiger partial charge in [-0.3, -0.25) is 4.98 Å². The summed E-state index contributed by atoms with van der Waals surface area (Å²) in [7, 11) is 1.87. The molecule has 0 saturated heterocycles. The average molecular weight is 223 g/mol. The minimum absolute atomic E-state index is 0.203. The average Bonchev–Trinajstić information content (AvgIpc) is 2.28. The zero-order chi connectivity index (χ0) is 12.0. The number of anilines is 2. The molecule has 4 heteroatoms. The molecule has 0 aromatic carbocycles. The minimum atomic E-state index is 0.203. The highest BCUT2D eigenvalue weighted by Gasteiger charge is 2.12. The molecule has 1 atom stereocenters. The number of aliphatic hydroxyl groups is 1. The molecule has 3 N–H and O–H groups in total. The first-order valence-electron chi connectivity index (χ1n) is 5.67. The zero-order valence-corrected chi connectivity index (χ0v) is 10.2. The maximum Gasteiger partial charge on any atom is 0.0549 e. The third-order valence-electron chi connectivity index (χ3n) is 2.62. The van der Waals surface area contributed by atoms with Crippen LogP contribution in [0.2, 0.25) is 0 Å². The van der Waals surface area contributed by atoms with Gasteiger partial charge in [0.15, 0.2) is 0 Å². The minimum Gasteiger partial charge on any atom is -0.396 e. The SMILES string of the molecule is CNc1cncc(NC(CCO)C(C)C)c1. The Bertz CT molecular complexity index is 315. The fourth-order valence-corrected chi connectivity index (χ4v) is 1.58. The van der Waals surface area contributed by atoms with Crippen molar-refractivity contribution in [3.8, 4) is 0 Å². The first-order chi connectivity index (χ1) is 7.67. The van der Waals surface area contributed by atoms with Crippen molar-refractivity contribution in [3.63, 3.8) is 0 Å². The Hall–Kier alpha value is -1.29. The lowest BCUT2D eigenvalue weighted by Gasteiger charge is -2.22. The normalized spacial score (nSPS) is 12.6. The van der Waals surface area contributed by atoms with Crippen LogP contribution in [-0.4, -0.2) is 29.8 Å². The molecule has 0 fully saturated rings. The number of aromatic nitrogens is 1. The van der Waals surface area contributed by atoms with Gasteiger partial charge in [0.1, 0.15) is 0 Å². The van der Waals surface area contributed by atoms with Crippen molar-refractivity contribution < 1.29 is 5.11 Å². The van der Waals surface area contributed by atoms with Crippen LogP contribution in [0.25, 0.3) is 0 Å². The summed E-state index contributed by atoms with van der Waals surface area (Å²) in [6.07, 6.45) is 4.33. The van der Waals surface area contributed by atoms with Gasteiger partial charge in [-0.2, -0.15) is 0 Å². The largest absolute Gasteiger partial charge is 0.396 e. The molecule has 0 spiro atoms. The van der Waals surface area contributed by atoms with E-state index in [0.717, 1.165) is 17.8 Å². The molecule has 1 heterocycles. The van der Waals surface area contributed by atoms with Crippen LogP contribution in [0.15, 0.2) is 18.5 Å². The summed E-state index contributed by atoms with van der Waals surface area (Å²) in [6, 6.07) is 2.29. The summed E-state index contributed by atoms with van der Waals surface area (Å²) >= 11 is 0. The van der Waals surface area contributed by atoms with E-state index in [4.69, 9.17) is 5.11 Å². The van der Waals surface area contributed by atoms with Crippen LogP contribution in [0.3, 0.4) is 0 Å². The van der Waals surface area contributed by atoms with E-state index in [2.05, 4.69) is 29.5 Å². The third-order valence-corrected chi connectivity index (χ3v) is 2.62. The second kappa shape index (κ2) is 6.33. The first-order valence-corrected chi connectivity index (χ1v) is 5.67. The van der Waals surface area contributed by atoms with Crippen molar-refractivity contribution in [1.82, 2.24) is 4.98 Å². The topological polar surface area (TPSA) is 57.2 Å². The number of hydrogen-bond acceptors (Lipinski definition) is 4. The molecule has 1 unspecified atom stereocenters. The van der Waals surface area contributed by atoms with E-state index in [1.165, 1.54) is 0 Å². The number of hydrogen-bond donors (Lipinski definition) is 3. The molecule has 16 heavy (non-hydrogen) atoms. The Morgan fingerprint density at radius 1 is 1.31 bits per heavy atom. The van der Waals surface area contributed by atoms with E-state index in [1.807, 2.05) is 13.1 Å². The molecule has 1 rings (SSSR count). The second-order valence-electron chi connectivity index (χ2n) is 4.22. The van der Waals surface area contributed by atoms with Crippen molar-refractivity contribution in [2.45, 2.75) is 26.3 Å². The van der Waals surface area contributed by atoms with Crippen LogP contribution in [0.4, 0.5) is 11.4 Å². The summed E-state index contributed by atoms with van der Waals surface area (Å²) in [5, 5.41) is 15.4. The Kier molecular flexibility index (Phi) is 5.05. The van der Waals surface area contributed by atoms with Gasteiger partial charge in [0.2, 0.25) is 0 Å². The fraction of sp³-hybridized carbons (Fsp3) is 0.583. The van der Waals surface area contributed by atoms with Crippen LogP contribution in [-0.2, 0) is 0 Å². The molecule has 4 nitrogen and oxygen atoms in total. The molecular weight excluding hydrogens is 202 g/mol. The van der Waals surface area contributed by atoms with Crippen LogP contribution < -0.4 is 10.6 Å². The number of nitrogens with zero attached hydrogens (tertiary/aromatic N) is 1. The van der Waals surface area contributed by atoms with Crippen molar-refractivity contribution >= 4 is 11.4 Å². The third kappa shape index (κ3) is 3.70. The fourth-order valence-electron chi connectivity index (χ4n) is 1.58. The predicted molar refractivity (Wildman–Crippen MR) is 67.7 cm³/mol. The number of rotatable bonds is 6. The lowest BCUT2D eigenvalue weighted by Crippen LogP contribution is -2.26. The molecule has 0 bridgehead atoms. The van der Waals surface area contributed by atoms with E-state index in [9.17, 15) is 0 Å². The Balaban J connectivity index is 2.68. The molecular formula is C12H21N3O. The van der Waals surface area contributed by atoms with Crippen LogP contribution in [0.1, 0.15) is 20.3 Å². The van der Waals surface area contributed by atoms with Gasteiger partial charge in [-0.15, -0.1) is 0 Å². The van der Waals surface area contributed by atoms with Crippen LogP contribution in [0, 0.1) is 5.92 Å². The van der Waals surface area contributed by atoms with Gasteiger partial charge < -0.3 is 15.7 Å². The lowest BCUT2D eigenvalue weighted by atomic mass is 10.0. The van der Waals surface area contributed by atoms with Crippen LogP contribution >= 0.6 is 0 Å². The highest BCUT2D eigenvalue weighted by atomic mass is 16.3. The van der Waals surface area contributed by atoms with E-state index < -0.39 is 0 Å². The second-order valence-corrected chi connectivity index (χ2v) is 4.22. The highest BCUT2D eigenvalue weighted by molar-refractivity contribution is 5.54. The van der Waals surface area contributed by atoms with Crippen molar-refractivity contribution in [2.24, 2.45) is 5.92 Å². The van der Waals surface area contributed by atoms with Crippen LogP contribution in [0.5, 0.6) is 0 Å². The molecule has 0 aliphatic rings. The summed E-state index contributed by atoms with van der Waals surface area (Å²) in [5.74, 6) is 0.477. The van der Waals surface area contributed by atoms with E-state index in [1.54, 1.807) is 12.4 Å². The summed E-state index contributed by atoms with van der Waals surface area (Å²) in [4.78, 5) is 4.14. The summed E-state index contributed by atoms with van der Waals surface area (Å²) in [5.41, 5.74) is 1.97. The number of nitrogens with one attached hydrogen (secondary N) is 2. The van der Waals surface area contributed by atoms with Gasteiger partial charge in [0.05, 0.1) is 23.8 Å². The molecule has 1 aromatic rings. The van der Waals surface area contributed by atoms with Crippen molar-refractivity contribution in [2.75, 3.05) is 24.3 Å². The lowest BCUT2D eigenvalue weighted by molar-refractivity contribution is 0.267. The summed E-state index contributed by atoms with van der Waals surface area (Å²) in [6.45, 7) is 4.49. The quantitative estimate of drug-likeness (QED) is 0.690. The van der Waals surface area contributed by atoms with E-state index >= 15 is 0 Å². The molecule has 0 saturated carbocycles. The van der Waals surface area contributed by atoms with E-state index in [-0.39, 0.29) is 12.6 Å². The molecule has 1 aromatic heterocycles.